The van der Waals surface area contributed by atoms with Gasteiger partial charge in [0.25, 0.3) is 17.4 Å². The molecule has 4 heterocycles. The molecule has 0 aliphatic carbocycles. The van der Waals surface area contributed by atoms with E-state index in [4.69, 9.17) is 9.47 Å². The standard InChI is InChI=1S/C30H33F6N5O6/c1-4-5-18-12-19(28(45,29(31,32)33)30(34,35)36)6-7-21(18)40-9-8-39(15-17(40)2)23(42)16-41-25(43)27(3,38-26(41)44)20-13-22-24(37-14-20)47-11-10-46-22/h6-7,12-14,17,45H,4-5,8-11,15-16H2,1-3H3,(H,38,44). The lowest BCUT2D eigenvalue weighted by Gasteiger charge is -2.42. The Bertz CT molecular complexity index is 1550. The molecule has 0 radical (unpaired) electrons. The molecule has 3 aliphatic rings. The van der Waals surface area contributed by atoms with Crippen LogP contribution in [0, 0.1) is 0 Å². The van der Waals surface area contributed by atoms with Crippen LogP contribution in [0.5, 0.6) is 11.6 Å². The largest absolute Gasteiger partial charge is 0.484 e. The number of rotatable bonds is 7. The van der Waals surface area contributed by atoms with Gasteiger partial charge in [-0.25, -0.2) is 9.78 Å². The Morgan fingerprint density at radius 3 is 2.40 bits per heavy atom. The number of benzene rings is 1. The number of amides is 4. The molecule has 47 heavy (non-hydrogen) atoms. The van der Waals surface area contributed by atoms with E-state index in [-0.39, 0.29) is 44.1 Å². The van der Waals surface area contributed by atoms with Gasteiger partial charge in [0.1, 0.15) is 25.3 Å². The number of urea groups is 1. The Labute approximate surface area is 265 Å². The van der Waals surface area contributed by atoms with Crippen molar-refractivity contribution in [3.8, 4) is 11.6 Å². The molecule has 2 N–H and O–H groups in total. The van der Waals surface area contributed by atoms with Gasteiger partial charge in [0.2, 0.25) is 5.91 Å². The summed E-state index contributed by atoms with van der Waals surface area (Å²) in [4.78, 5) is 47.8. The van der Waals surface area contributed by atoms with Crippen molar-refractivity contribution < 1.29 is 55.3 Å². The molecule has 11 nitrogen and oxygen atoms in total. The summed E-state index contributed by atoms with van der Waals surface area (Å²) in [5.74, 6) is -0.647. The lowest BCUT2D eigenvalue weighted by atomic mass is 9.89. The number of nitrogens with zero attached hydrogens (tertiary/aromatic N) is 4. The number of nitrogens with one attached hydrogen (secondary N) is 1. The number of fused-ring (bicyclic) bond motifs is 1. The number of aryl methyl sites for hydroxylation is 1. The number of alkyl halides is 6. The van der Waals surface area contributed by atoms with Gasteiger partial charge in [-0.2, -0.15) is 26.3 Å². The van der Waals surface area contributed by atoms with Gasteiger partial charge in [0, 0.05) is 48.7 Å². The van der Waals surface area contributed by atoms with Crippen LogP contribution in [0.2, 0.25) is 0 Å². The molecule has 0 bridgehead atoms. The Hall–Kier alpha value is -4.28. The summed E-state index contributed by atoms with van der Waals surface area (Å²) >= 11 is 0. The zero-order valence-electron chi connectivity index (χ0n) is 25.7. The normalized spacial score (nSPS) is 22.1. The zero-order chi connectivity index (χ0) is 34.5. The van der Waals surface area contributed by atoms with Crippen molar-refractivity contribution in [3.05, 3.63) is 47.2 Å². The minimum absolute atomic E-state index is 0.0915. The molecule has 2 fully saturated rings. The first kappa shape index (κ1) is 34.1. The number of imide groups is 1. The second-order valence-corrected chi connectivity index (χ2v) is 11.9. The van der Waals surface area contributed by atoms with E-state index in [1.807, 2.05) is 0 Å². The minimum atomic E-state index is -6.01. The van der Waals surface area contributed by atoms with Crippen LogP contribution in [-0.2, 0) is 27.1 Å². The first-order valence-corrected chi connectivity index (χ1v) is 14.9. The van der Waals surface area contributed by atoms with Crippen LogP contribution < -0.4 is 19.7 Å². The van der Waals surface area contributed by atoms with Gasteiger partial charge < -0.3 is 29.7 Å². The smallest absolute Gasteiger partial charge is 0.430 e. The molecule has 2 aromatic rings. The van der Waals surface area contributed by atoms with Crippen LogP contribution in [0.3, 0.4) is 0 Å². The monoisotopic (exact) mass is 673 g/mol. The van der Waals surface area contributed by atoms with Crippen molar-refractivity contribution in [1.82, 2.24) is 20.1 Å². The molecule has 0 saturated carbocycles. The Morgan fingerprint density at radius 1 is 1.09 bits per heavy atom. The maximum Gasteiger partial charge on any atom is 0.430 e. The predicted octanol–water partition coefficient (Wildman–Crippen LogP) is 3.62. The molecule has 2 saturated heterocycles. The molecule has 2 unspecified atom stereocenters. The van der Waals surface area contributed by atoms with E-state index in [0.717, 1.165) is 17.0 Å². The third-order valence-corrected chi connectivity index (χ3v) is 8.67. The van der Waals surface area contributed by atoms with Crippen molar-refractivity contribution in [2.24, 2.45) is 0 Å². The molecular weight excluding hydrogens is 640 g/mol. The molecule has 4 amide bonds. The van der Waals surface area contributed by atoms with Crippen LogP contribution in [0.15, 0.2) is 30.5 Å². The highest BCUT2D eigenvalue weighted by Crippen LogP contribution is 2.50. The molecular formula is C30H33F6N5O6. The van der Waals surface area contributed by atoms with Crippen molar-refractivity contribution in [2.45, 2.75) is 63.1 Å². The van der Waals surface area contributed by atoms with Gasteiger partial charge in [-0.05, 0) is 38.0 Å². The number of piperazine rings is 1. The molecule has 3 aliphatic heterocycles. The molecule has 17 heteroatoms. The quantitative estimate of drug-likeness (QED) is 0.338. The number of hydrogen-bond donors (Lipinski definition) is 2. The fourth-order valence-electron chi connectivity index (χ4n) is 6.07. The topological polar surface area (TPSA) is 125 Å². The fraction of sp³-hybridized carbons (Fsp3) is 0.533. The number of carbonyl (C=O) groups is 3. The maximum atomic E-state index is 13.5. The zero-order valence-corrected chi connectivity index (χ0v) is 25.7. The van der Waals surface area contributed by atoms with Crippen LogP contribution in [0.1, 0.15) is 43.9 Å². The van der Waals surface area contributed by atoms with Crippen LogP contribution in [0.4, 0.5) is 36.8 Å². The van der Waals surface area contributed by atoms with E-state index in [1.54, 1.807) is 18.7 Å². The summed E-state index contributed by atoms with van der Waals surface area (Å²) in [6, 6.07) is 2.78. The minimum Gasteiger partial charge on any atom is -0.484 e. The molecule has 256 valence electrons. The number of aromatic nitrogens is 1. The highest BCUT2D eigenvalue weighted by molar-refractivity contribution is 6.09. The summed E-state index contributed by atoms with van der Waals surface area (Å²) in [5, 5.41) is 12.5. The van der Waals surface area contributed by atoms with E-state index in [0.29, 0.717) is 36.1 Å². The molecule has 1 aromatic heterocycles. The summed E-state index contributed by atoms with van der Waals surface area (Å²) < 4.78 is 92.2. The van der Waals surface area contributed by atoms with Gasteiger partial charge in [0.05, 0.1) is 0 Å². The number of ether oxygens (including phenoxy) is 2. The molecule has 2 atom stereocenters. The van der Waals surface area contributed by atoms with Gasteiger partial charge in [-0.1, -0.05) is 25.5 Å². The lowest BCUT2D eigenvalue weighted by Crippen LogP contribution is -2.56. The predicted molar refractivity (Wildman–Crippen MR) is 153 cm³/mol. The molecule has 5 rings (SSSR count). The number of hydrogen-bond acceptors (Lipinski definition) is 8. The lowest BCUT2D eigenvalue weighted by molar-refractivity contribution is -0.376. The van der Waals surface area contributed by atoms with Crippen molar-refractivity contribution in [3.63, 3.8) is 0 Å². The first-order valence-electron chi connectivity index (χ1n) is 14.9. The number of anilines is 1. The van der Waals surface area contributed by atoms with E-state index < -0.39 is 59.5 Å². The summed E-state index contributed by atoms with van der Waals surface area (Å²) in [6.45, 7) is 5.30. The fourth-order valence-corrected chi connectivity index (χ4v) is 6.07. The van der Waals surface area contributed by atoms with Crippen LogP contribution >= 0.6 is 0 Å². The van der Waals surface area contributed by atoms with Gasteiger partial charge >= 0.3 is 18.4 Å². The summed E-state index contributed by atoms with van der Waals surface area (Å²) in [6.07, 6.45) is -10.1. The summed E-state index contributed by atoms with van der Waals surface area (Å²) in [7, 11) is 0. The van der Waals surface area contributed by atoms with E-state index in [2.05, 4.69) is 10.3 Å². The second kappa shape index (κ2) is 12.1. The SMILES string of the molecule is CCCc1cc(C(O)(C(F)(F)F)C(F)(F)F)ccc1N1CCN(C(=O)CN2C(=O)NC(C)(c3cnc4c(c3)OCCO4)C2=O)CC1C. The Balaban J connectivity index is 1.30. The molecule has 0 spiro atoms. The third kappa shape index (κ3) is 5.89. The maximum absolute atomic E-state index is 13.5. The average Bonchev–Trinajstić information content (AvgIpc) is 3.23. The van der Waals surface area contributed by atoms with Gasteiger partial charge in [0.15, 0.2) is 5.75 Å². The van der Waals surface area contributed by atoms with E-state index in [9.17, 15) is 45.8 Å². The number of aliphatic hydroxyl groups is 1. The van der Waals surface area contributed by atoms with E-state index in [1.165, 1.54) is 24.1 Å². The number of pyridine rings is 1. The summed E-state index contributed by atoms with van der Waals surface area (Å²) in [5.41, 5.74) is -7.03. The van der Waals surface area contributed by atoms with Gasteiger partial charge in [-0.3, -0.25) is 14.5 Å². The average molecular weight is 674 g/mol. The van der Waals surface area contributed by atoms with Crippen molar-refractivity contribution in [1.29, 1.82) is 0 Å². The third-order valence-electron chi connectivity index (χ3n) is 8.67. The molecule has 1 aromatic carbocycles. The second-order valence-electron chi connectivity index (χ2n) is 11.9. The first-order chi connectivity index (χ1) is 21.9. The highest BCUT2D eigenvalue weighted by Gasteiger charge is 2.71. The Morgan fingerprint density at radius 2 is 1.77 bits per heavy atom. The number of carbonyl (C=O) groups excluding carboxylic acids is 3. The highest BCUT2D eigenvalue weighted by atomic mass is 19.4. The van der Waals surface area contributed by atoms with Crippen molar-refractivity contribution >= 4 is 23.5 Å². The van der Waals surface area contributed by atoms with E-state index >= 15 is 0 Å². The van der Waals surface area contributed by atoms with Crippen LogP contribution in [0.25, 0.3) is 0 Å². The number of halogens is 6. The Kier molecular flexibility index (Phi) is 8.74. The van der Waals surface area contributed by atoms with Crippen molar-refractivity contribution in [2.75, 3.05) is 44.3 Å². The van der Waals surface area contributed by atoms with Crippen LogP contribution in [-0.4, -0.2) is 95.5 Å². The van der Waals surface area contributed by atoms with Gasteiger partial charge in [-0.15, -0.1) is 0 Å².